The number of nitriles is 1. The number of hydrogen-bond acceptors (Lipinski definition) is 8. The number of pyridine rings is 1. The van der Waals surface area contributed by atoms with Crippen LogP contribution in [0.1, 0.15) is 12.5 Å². The van der Waals surface area contributed by atoms with Gasteiger partial charge in [0.2, 0.25) is 5.88 Å². The maximum absolute atomic E-state index is 12.0. The zero-order valence-electron chi connectivity index (χ0n) is 14.0. The topological polar surface area (TPSA) is 93.5 Å². The van der Waals surface area contributed by atoms with Gasteiger partial charge in [0.05, 0.1) is 18.7 Å². The molecule has 0 radical (unpaired) electrons. The number of nitrogens with one attached hydrogen (secondary N) is 1. The molecule has 7 nitrogen and oxygen atoms in total. The van der Waals surface area contributed by atoms with Crippen LogP contribution in [0.3, 0.4) is 0 Å². The average Bonchev–Trinajstić information content (AvgIpc) is 2.62. The van der Waals surface area contributed by atoms with Crippen molar-refractivity contribution in [1.29, 1.82) is 5.26 Å². The van der Waals surface area contributed by atoms with Crippen molar-refractivity contribution in [2.75, 3.05) is 33.2 Å². The molecular weight excluding hydrogens is 330 g/mol. The van der Waals surface area contributed by atoms with E-state index in [-0.39, 0.29) is 12.2 Å². The first-order valence-electron chi connectivity index (χ1n) is 7.32. The SMILES string of the molecule is CCOCCOC(=O)/C(C#N)=C(/NCc1ccc(OC)nc1)SC. The van der Waals surface area contributed by atoms with Crippen molar-refractivity contribution in [1.82, 2.24) is 10.3 Å². The molecule has 1 rings (SSSR count). The van der Waals surface area contributed by atoms with E-state index in [2.05, 4.69) is 10.3 Å². The van der Waals surface area contributed by atoms with Crippen molar-refractivity contribution in [3.8, 4) is 11.9 Å². The lowest BCUT2D eigenvalue weighted by atomic mass is 10.2. The predicted octanol–water partition coefficient (Wildman–Crippen LogP) is 1.86. The molecule has 1 heterocycles. The van der Waals surface area contributed by atoms with Crippen molar-refractivity contribution in [2.24, 2.45) is 0 Å². The van der Waals surface area contributed by atoms with Gasteiger partial charge in [0.15, 0.2) is 5.57 Å². The second-order valence-electron chi connectivity index (χ2n) is 4.42. The second-order valence-corrected chi connectivity index (χ2v) is 5.23. The number of esters is 1. The van der Waals surface area contributed by atoms with E-state index < -0.39 is 5.97 Å². The number of carbonyl (C=O) groups excluding carboxylic acids is 1. The smallest absolute Gasteiger partial charge is 0.351 e. The maximum atomic E-state index is 12.0. The molecule has 0 aliphatic carbocycles. The van der Waals surface area contributed by atoms with E-state index in [0.29, 0.717) is 30.7 Å². The van der Waals surface area contributed by atoms with Gasteiger partial charge in [-0.3, -0.25) is 0 Å². The Morgan fingerprint density at radius 1 is 1.42 bits per heavy atom. The van der Waals surface area contributed by atoms with Crippen LogP contribution in [-0.4, -0.2) is 44.1 Å². The quantitative estimate of drug-likeness (QED) is 0.295. The summed E-state index contributed by atoms with van der Waals surface area (Å²) in [6.45, 7) is 3.24. The summed E-state index contributed by atoms with van der Waals surface area (Å²) in [7, 11) is 1.55. The van der Waals surface area contributed by atoms with E-state index in [1.807, 2.05) is 19.1 Å². The van der Waals surface area contributed by atoms with Gasteiger partial charge in [0, 0.05) is 25.4 Å². The first-order chi connectivity index (χ1) is 11.7. The third-order valence-corrected chi connectivity index (χ3v) is 3.63. The van der Waals surface area contributed by atoms with Crippen molar-refractivity contribution >= 4 is 17.7 Å². The maximum Gasteiger partial charge on any atom is 0.351 e. The van der Waals surface area contributed by atoms with Gasteiger partial charge < -0.3 is 19.5 Å². The summed E-state index contributed by atoms with van der Waals surface area (Å²) >= 11 is 1.27. The number of carbonyl (C=O) groups is 1. The van der Waals surface area contributed by atoms with Crippen LogP contribution < -0.4 is 10.1 Å². The predicted molar refractivity (Wildman–Crippen MR) is 91.2 cm³/mol. The van der Waals surface area contributed by atoms with E-state index in [1.54, 1.807) is 25.6 Å². The average molecular weight is 351 g/mol. The number of rotatable bonds is 10. The molecule has 0 aliphatic rings. The molecule has 1 aromatic heterocycles. The molecule has 0 saturated carbocycles. The number of hydrogen-bond donors (Lipinski definition) is 1. The van der Waals surface area contributed by atoms with Crippen molar-refractivity contribution in [3.05, 3.63) is 34.5 Å². The van der Waals surface area contributed by atoms with E-state index >= 15 is 0 Å². The highest BCUT2D eigenvalue weighted by molar-refractivity contribution is 8.02. The Bertz CT molecular complexity index is 596. The Kier molecular flexibility index (Phi) is 9.34. The molecule has 0 aliphatic heterocycles. The first kappa shape index (κ1) is 19.8. The highest BCUT2D eigenvalue weighted by Gasteiger charge is 2.16. The lowest BCUT2D eigenvalue weighted by molar-refractivity contribution is -0.140. The highest BCUT2D eigenvalue weighted by atomic mass is 32.2. The lowest BCUT2D eigenvalue weighted by Gasteiger charge is -2.11. The van der Waals surface area contributed by atoms with Gasteiger partial charge in [-0.15, -0.1) is 11.8 Å². The highest BCUT2D eigenvalue weighted by Crippen LogP contribution is 2.16. The van der Waals surface area contributed by atoms with E-state index in [9.17, 15) is 10.1 Å². The van der Waals surface area contributed by atoms with Crippen molar-refractivity contribution < 1.29 is 19.0 Å². The van der Waals surface area contributed by atoms with Gasteiger partial charge in [-0.1, -0.05) is 6.07 Å². The Morgan fingerprint density at radius 3 is 2.75 bits per heavy atom. The van der Waals surface area contributed by atoms with Crippen molar-refractivity contribution in [2.45, 2.75) is 13.5 Å². The molecule has 0 atom stereocenters. The van der Waals surface area contributed by atoms with E-state index in [0.717, 1.165) is 5.56 Å². The van der Waals surface area contributed by atoms with Gasteiger partial charge >= 0.3 is 5.97 Å². The molecule has 0 saturated heterocycles. The van der Waals surface area contributed by atoms with Gasteiger partial charge in [0.25, 0.3) is 0 Å². The normalized spacial score (nSPS) is 11.2. The zero-order chi connectivity index (χ0) is 17.8. The fraction of sp³-hybridized carbons (Fsp3) is 0.438. The number of nitrogens with zero attached hydrogens (tertiary/aromatic N) is 2. The monoisotopic (exact) mass is 351 g/mol. The van der Waals surface area contributed by atoms with E-state index in [1.165, 1.54) is 11.8 Å². The summed E-state index contributed by atoms with van der Waals surface area (Å²) in [5.74, 6) is -0.142. The van der Waals surface area contributed by atoms with Crippen LogP contribution in [0.4, 0.5) is 0 Å². The Balaban J connectivity index is 2.69. The number of ether oxygens (including phenoxy) is 3. The van der Waals surface area contributed by atoms with Crippen LogP contribution in [0.2, 0.25) is 0 Å². The molecule has 130 valence electrons. The molecule has 0 fully saturated rings. The second kappa shape index (κ2) is 11.3. The number of methoxy groups -OCH3 is 1. The van der Waals surface area contributed by atoms with E-state index in [4.69, 9.17) is 14.2 Å². The molecular formula is C16H21N3O4S. The summed E-state index contributed by atoms with van der Waals surface area (Å²) in [6, 6.07) is 5.49. The van der Waals surface area contributed by atoms with Crippen LogP contribution in [0.15, 0.2) is 28.9 Å². The summed E-state index contributed by atoms with van der Waals surface area (Å²) in [4.78, 5) is 16.1. The first-order valence-corrected chi connectivity index (χ1v) is 8.54. The fourth-order valence-corrected chi connectivity index (χ4v) is 2.23. The summed E-state index contributed by atoms with van der Waals surface area (Å²) in [6.07, 6.45) is 3.44. The standard InChI is InChI=1S/C16H21N3O4S/c1-4-22-7-8-23-16(20)13(9-17)15(24-3)19-11-12-5-6-14(21-2)18-10-12/h5-6,10,19H,4,7-8,11H2,1-3H3/b15-13-. The van der Waals surface area contributed by atoms with Crippen LogP contribution in [0, 0.1) is 11.3 Å². The largest absolute Gasteiger partial charge is 0.481 e. The van der Waals surface area contributed by atoms with Gasteiger partial charge in [-0.2, -0.15) is 5.26 Å². The lowest BCUT2D eigenvalue weighted by Crippen LogP contribution is -2.19. The molecule has 0 amide bonds. The van der Waals surface area contributed by atoms with Crippen LogP contribution in [0.5, 0.6) is 5.88 Å². The van der Waals surface area contributed by atoms with Crippen molar-refractivity contribution in [3.63, 3.8) is 0 Å². The fourth-order valence-electron chi connectivity index (χ4n) is 1.68. The minimum atomic E-state index is -0.665. The van der Waals surface area contributed by atoms with Crippen LogP contribution >= 0.6 is 11.8 Å². The Hall–Kier alpha value is -2.24. The molecule has 24 heavy (non-hydrogen) atoms. The Labute approximate surface area is 146 Å². The Morgan fingerprint density at radius 2 is 2.21 bits per heavy atom. The summed E-state index contributed by atoms with van der Waals surface area (Å²) in [5.41, 5.74) is 0.838. The number of thioether (sulfide) groups is 1. The van der Waals surface area contributed by atoms with Crippen LogP contribution in [0.25, 0.3) is 0 Å². The number of aromatic nitrogens is 1. The molecule has 0 aromatic carbocycles. The van der Waals surface area contributed by atoms with Gasteiger partial charge in [0.1, 0.15) is 12.7 Å². The summed E-state index contributed by atoms with van der Waals surface area (Å²) in [5, 5.41) is 12.8. The zero-order valence-corrected chi connectivity index (χ0v) is 14.8. The molecule has 0 spiro atoms. The molecule has 1 aromatic rings. The molecule has 0 unspecified atom stereocenters. The van der Waals surface area contributed by atoms with Gasteiger partial charge in [-0.25, -0.2) is 9.78 Å². The summed E-state index contributed by atoms with van der Waals surface area (Å²) < 4.78 is 15.1. The van der Waals surface area contributed by atoms with Crippen LogP contribution in [-0.2, 0) is 20.8 Å². The minimum Gasteiger partial charge on any atom is -0.481 e. The third-order valence-electron chi connectivity index (χ3n) is 2.87. The third kappa shape index (κ3) is 6.48. The molecule has 8 heteroatoms. The molecule has 1 N–H and O–H groups in total. The molecule has 0 bridgehead atoms. The van der Waals surface area contributed by atoms with Gasteiger partial charge in [-0.05, 0) is 18.7 Å². The minimum absolute atomic E-state index is 0.0551.